The van der Waals surface area contributed by atoms with E-state index in [1.165, 1.54) is 88.3 Å². The first-order chi connectivity index (χ1) is 23.5. The second kappa shape index (κ2) is 12.1. The molecule has 2 unspecified atom stereocenters. The second-order valence-electron chi connectivity index (χ2n) is 14.9. The molecule has 245 valence electrons. The predicted molar refractivity (Wildman–Crippen MR) is 216 cm³/mol. The monoisotopic (exact) mass is 771 g/mol. The minimum atomic E-state index is -4.88. The number of rotatable bonds is 6. The van der Waals surface area contributed by atoms with Crippen molar-refractivity contribution in [2.24, 2.45) is 0 Å². The van der Waals surface area contributed by atoms with E-state index in [4.69, 9.17) is 17.0 Å². The summed E-state index contributed by atoms with van der Waals surface area (Å²) in [5.41, 5.74) is 15.8. The molecule has 0 aromatic heterocycles. The summed E-state index contributed by atoms with van der Waals surface area (Å²) in [6.45, 7) is 14.0. The van der Waals surface area contributed by atoms with Crippen LogP contribution in [-0.2, 0) is 15.6 Å². The maximum atomic E-state index is 8.71. The molecule has 0 saturated carbocycles. The van der Waals surface area contributed by atoms with Crippen LogP contribution in [0.25, 0.3) is 56.0 Å². The van der Waals surface area contributed by atoms with Crippen molar-refractivity contribution in [3.63, 3.8) is 0 Å². The zero-order valence-corrected chi connectivity index (χ0v) is 34.4. The van der Waals surface area contributed by atoms with Crippen molar-refractivity contribution in [2.75, 3.05) is 0 Å². The van der Waals surface area contributed by atoms with Crippen molar-refractivity contribution < 1.29 is 15.6 Å². The van der Waals surface area contributed by atoms with Crippen LogP contribution in [0, 0.1) is 13.8 Å². The van der Waals surface area contributed by atoms with Gasteiger partial charge >= 0.3 is 303 Å². The third kappa shape index (κ3) is 5.00. The molecule has 0 bridgehead atoms. The number of aryl methyl sites for hydroxylation is 2. The average molecular weight is 774 g/mol. The predicted octanol–water partition coefficient (Wildman–Crippen LogP) is 13.9. The van der Waals surface area contributed by atoms with Gasteiger partial charge in [-0.15, -0.1) is 0 Å². The van der Waals surface area contributed by atoms with Crippen molar-refractivity contribution >= 4 is 56.6 Å². The molecule has 0 radical (unpaired) electrons. The fourth-order valence-electron chi connectivity index (χ4n) is 9.37. The number of hydrogen-bond donors (Lipinski definition) is 0. The molecule has 0 nitrogen and oxygen atoms in total. The normalized spacial score (nSPS) is 17.9. The molecule has 2 aliphatic rings. The molecule has 2 aliphatic carbocycles. The Balaban J connectivity index is 1.37. The van der Waals surface area contributed by atoms with E-state index in [1.807, 2.05) is 0 Å². The number of fused-ring (bicyclic) bond motifs is 4. The van der Waals surface area contributed by atoms with Gasteiger partial charge in [0.1, 0.15) is 0 Å². The van der Waals surface area contributed by atoms with Crippen LogP contribution in [-0.4, -0.2) is 5.92 Å². The van der Waals surface area contributed by atoms with Crippen LogP contribution in [0.2, 0.25) is 13.1 Å². The van der Waals surface area contributed by atoms with Gasteiger partial charge in [0.15, 0.2) is 0 Å². The van der Waals surface area contributed by atoms with Crippen molar-refractivity contribution in [1.82, 2.24) is 0 Å². The van der Waals surface area contributed by atoms with Gasteiger partial charge in [-0.3, -0.25) is 0 Å². The first-order valence-corrected chi connectivity index (χ1v) is 34.0. The van der Waals surface area contributed by atoms with Crippen LogP contribution in [0.3, 0.4) is 0 Å². The fourth-order valence-corrected chi connectivity index (χ4v) is 41.7. The number of benzene rings is 6. The van der Waals surface area contributed by atoms with Gasteiger partial charge in [0, 0.05) is 0 Å². The number of halogens is 2. The third-order valence-electron chi connectivity index (χ3n) is 11.6. The van der Waals surface area contributed by atoms with Crippen LogP contribution in [0.15, 0.2) is 120 Å². The standard InChI is InChI=1S/C22H19.C21H17.C2H7Si.2ClH.Zr/c1-3-16-13-18-11-15(2)12-22(21(18)14-16)20-10-6-8-17-7-4-5-9-19(17)20;1-14-10-17-11-15(2)13-21(20(17)12-14)19-9-5-7-16-6-3-4-8-18(16)19;1-3-2;;;/h4-14H,3H2,1-2H3;3-13H,1-2H3;3H,1-2H3;2*1H;/q;;;;;+2/p-2. The summed E-state index contributed by atoms with van der Waals surface area (Å²) in [6, 6.07) is 40.4. The summed E-state index contributed by atoms with van der Waals surface area (Å²) >= 11 is -4.88. The first kappa shape index (κ1) is 33.2. The van der Waals surface area contributed by atoms with Gasteiger partial charge in [-0.25, -0.2) is 0 Å². The SMILES string of the molecule is CCC1=Cc2c(-c3cccc4ccccc34)cc(C)cc2[CH]1[Zr]([Cl])([Cl])([CH]1C(C)=Cc2c(-c3cccc4ccccc34)cc(C)cc21)[SiH](C)C. The summed E-state index contributed by atoms with van der Waals surface area (Å²) in [6.07, 6.45) is 5.86. The summed E-state index contributed by atoms with van der Waals surface area (Å²) in [4.78, 5) is 0. The van der Waals surface area contributed by atoms with Gasteiger partial charge in [-0.2, -0.15) is 0 Å². The van der Waals surface area contributed by atoms with Crippen molar-refractivity contribution in [3.05, 3.63) is 154 Å². The molecule has 0 aliphatic heterocycles. The Bertz CT molecular complexity index is 2390. The van der Waals surface area contributed by atoms with Crippen molar-refractivity contribution in [3.8, 4) is 22.3 Å². The topological polar surface area (TPSA) is 0 Å². The van der Waals surface area contributed by atoms with Gasteiger partial charge in [0.25, 0.3) is 0 Å². The molecule has 0 N–H and O–H groups in total. The van der Waals surface area contributed by atoms with Crippen molar-refractivity contribution in [1.29, 1.82) is 0 Å². The summed E-state index contributed by atoms with van der Waals surface area (Å²) in [5, 5.41) is 5.09. The number of hydrogen-bond acceptors (Lipinski definition) is 0. The summed E-state index contributed by atoms with van der Waals surface area (Å²) < 4.78 is 0.137. The summed E-state index contributed by atoms with van der Waals surface area (Å²) in [5.74, 6) is -1.66. The van der Waals surface area contributed by atoms with E-state index < -0.39 is 21.5 Å². The van der Waals surface area contributed by atoms with Gasteiger partial charge in [-0.1, -0.05) is 0 Å². The van der Waals surface area contributed by atoms with Crippen LogP contribution in [0.5, 0.6) is 0 Å². The van der Waals surface area contributed by atoms with E-state index in [-0.39, 0.29) is 7.25 Å². The molecule has 4 heteroatoms. The zero-order chi connectivity index (χ0) is 34.3. The molecule has 0 fully saturated rings. The molecular formula is C45H43Cl2SiZr. The molecule has 2 atom stereocenters. The zero-order valence-electron chi connectivity index (χ0n) is 29.2. The fraction of sp³-hybridized carbons (Fsp3) is 0.200. The molecule has 0 saturated heterocycles. The molecule has 0 heterocycles. The van der Waals surface area contributed by atoms with Crippen LogP contribution >= 0.6 is 17.0 Å². The molecule has 8 rings (SSSR count). The second-order valence-corrected chi connectivity index (χ2v) is 57.4. The Kier molecular flexibility index (Phi) is 8.16. The van der Waals surface area contributed by atoms with Gasteiger partial charge < -0.3 is 0 Å². The average Bonchev–Trinajstić information content (AvgIpc) is 3.65. The third-order valence-corrected chi connectivity index (χ3v) is 63.7. The Morgan fingerprint density at radius 3 is 1.55 bits per heavy atom. The van der Waals surface area contributed by atoms with E-state index in [2.05, 4.69) is 162 Å². The molecule has 0 spiro atoms. The Hall–Kier alpha value is -3.00. The maximum absolute atomic E-state index is 8.71. The van der Waals surface area contributed by atoms with Crippen LogP contribution in [0.1, 0.15) is 60.9 Å². The molecule has 0 amide bonds. The minimum absolute atomic E-state index is 0.0625. The quantitative estimate of drug-likeness (QED) is 0.148. The Morgan fingerprint density at radius 2 is 1.04 bits per heavy atom. The molecular weight excluding hydrogens is 731 g/mol. The van der Waals surface area contributed by atoms with E-state index in [0.29, 0.717) is 0 Å². The van der Waals surface area contributed by atoms with E-state index in [1.54, 1.807) is 0 Å². The molecule has 49 heavy (non-hydrogen) atoms. The number of allylic oxidation sites excluding steroid dienone is 2. The Morgan fingerprint density at radius 1 is 0.571 bits per heavy atom. The van der Waals surface area contributed by atoms with Gasteiger partial charge in [0.2, 0.25) is 0 Å². The van der Waals surface area contributed by atoms with Crippen molar-refractivity contribution in [2.45, 2.75) is 54.5 Å². The van der Waals surface area contributed by atoms with Gasteiger partial charge in [-0.05, 0) is 0 Å². The molecule has 6 aromatic rings. The van der Waals surface area contributed by atoms with Crippen LogP contribution < -0.4 is 0 Å². The first-order valence-electron chi connectivity index (χ1n) is 17.7. The summed E-state index contributed by atoms with van der Waals surface area (Å²) in [7, 11) is 17.4. The molecule has 6 aromatic carbocycles. The van der Waals surface area contributed by atoms with E-state index in [9.17, 15) is 0 Å². The van der Waals surface area contributed by atoms with Crippen LogP contribution in [0.4, 0.5) is 0 Å². The van der Waals surface area contributed by atoms with Gasteiger partial charge in [0.05, 0.1) is 0 Å². The Labute approximate surface area is 300 Å². The van der Waals surface area contributed by atoms with E-state index >= 15 is 0 Å². The van der Waals surface area contributed by atoms with E-state index in [0.717, 1.165) is 6.42 Å².